The van der Waals surface area contributed by atoms with E-state index in [0.29, 0.717) is 19.6 Å². The van der Waals surface area contributed by atoms with Crippen molar-refractivity contribution in [1.82, 2.24) is 5.32 Å². The molecule has 160 valence electrons. The van der Waals surface area contributed by atoms with Crippen LogP contribution in [0.3, 0.4) is 0 Å². The molecule has 0 spiro atoms. The standard InChI is InChI=1S/C11H20NO6PS.C6H15N/c1-4-17-10(14)12-6-5-11(2,3)9(13)20-8-7-18-19(15)16;1-4-7(5-2)6-3/h4-8H2,1-3H3,(H,12,14);4-6H2,1-3H3/p+1. The molecule has 1 unspecified atom stereocenters. The van der Waals surface area contributed by atoms with E-state index in [1.807, 2.05) is 0 Å². The molecule has 0 aliphatic heterocycles. The predicted molar refractivity (Wildman–Crippen MR) is 107 cm³/mol. The zero-order valence-electron chi connectivity index (χ0n) is 17.5. The highest BCUT2D eigenvalue weighted by atomic mass is 32.2. The topological polar surface area (TPSA) is 109 Å². The fourth-order valence-electron chi connectivity index (χ4n) is 1.95. The lowest BCUT2D eigenvalue weighted by molar-refractivity contribution is -0.894. The molecule has 0 aromatic carbocycles. The molecule has 0 aromatic rings. The Morgan fingerprint density at radius 1 is 1.15 bits per heavy atom. The van der Waals surface area contributed by atoms with Crippen molar-refractivity contribution in [2.24, 2.45) is 5.41 Å². The van der Waals surface area contributed by atoms with E-state index in [4.69, 9.17) is 4.74 Å². The van der Waals surface area contributed by atoms with Gasteiger partial charge in [-0.25, -0.2) is 4.79 Å². The number of carbonyl (C=O) groups is 2. The summed E-state index contributed by atoms with van der Waals surface area (Å²) in [6.07, 6.45) is -0.0371. The van der Waals surface area contributed by atoms with Crippen molar-refractivity contribution in [3.05, 3.63) is 0 Å². The van der Waals surface area contributed by atoms with Gasteiger partial charge in [-0.15, -0.1) is 4.52 Å². The summed E-state index contributed by atoms with van der Waals surface area (Å²) in [5, 5.41) is 2.47. The van der Waals surface area contributed by atoms with Crippen LogP contribution in [0.1, 0.15) is 48.0 Å². The van der Waals surface area contributed by atoms with E-state index in [2.05, 4.69) is 30.6 Å². The lowest BCUT2D eigenvalue weighted by atomic mass is 9.91. The first-order valence-corrected chi connectivity index (χ1v) is 11.4. The lowest BCUT2D eigenvalue weighted by Crippen LogP contribution is -3.11. The highest BCUT2D eigenvalue weighted by molar-refractivity contribution is 8.13. The molecule has 8 nitrogen and oxygen atoms in total. The van der Waals surface area contributed by atoms with E-state index < -0.39 is 19.8 Å². The van der Waals surface area contributed by atoms with Crippen LogP contribution in [0.25, 0.3) is 0 Å². The maximum absolute atomic E-state index is 11.9. The van der Waals surface area contributed by atoms with E-state index >= 15 is 0 Å². The van der Waals surface area contributed by atoms with Crippen LogP contribution in [0.15, 0.2) is 0 Å². The minimum absolute atomic E-state index is 0.0216. The van der Waals surface area contributed by atoms with Crippen LogP contribution in [-0.2, 0) is 18.6 Å². The minimum Gasteiger partial charge on any atom is -0.566 e. The van der Waals surface area contributed by atoms with Gasteiger partial charge in [0.1, 0.15) is 6.61 Å². The Morgan fingerprint density at radius 3 is 2.11 bits per heavy atom. The summed E-state index contributed by atoms with van der Waals surface area (Å²) >= 11 is 1.02. The average molecular weight is 428 g/mol. The molecular weight excluding hydrogens is 391 g/mol. The van der Waals surface area contributed by atoms with Crippen LogP contribution < -0.4 is 15.1 Å². The summed E-state index contributed by atoms with van der Waals surface area (Å²) in [6.45, 7) is 16.3. The van der Waals surface area contributed by atoms with Crippen molar-refractivity contribution in [2.75, 3.05) is 45.1 Å². The number of hydrogen-bond acceptors (Lipinski definition) is 7. The lowest BCUT2D eigenvalue weighted by Gasteiger charge is -2.22. The third-order valence-electron chi connectivity index (χ3n) is 3.86. The SMILES string of the molecule is CCOC(=O)NCCC(C)(C)C(=O)SCCO[P+](=O)[O-].CC[NH+](CC)CC. The third kappa shape index (κ3) is 17.1. The van der Waals surface area contributed by atoms with Crippen molar-refractivity contribution in [3.63, 3.8) is 0 Å². The van der Waals surface area contributed by atoms with E-state index in [1.54, 1.807) is 25.7 Å². The second kappa shape index (κ2) is 17.4. The second-order valence-corrected chi connectivity index (χ2v) is 8.06. The number of nitrogens with one attached hydrogen (secondary N) is 2. The molecule has 0 bridgehead atoms. The summed E-state index contributed by atoms with van der Waals surface area (Å²) in [6, 6.07) is 0. The van der Waals surface area contributed by atoms with Crippen LogP contribution >= 0.6 is 20.0 Å². The zero-order chi connectivity index (χ0) is 21.3. The Hall–Kier alpha value is -0.730. The number of carbonyl (C=O) groups excluding carboxylic acids is 2. The maximum Gasteiger partial charge on any atom is 0.488 e. The number of amides is 1. The number of thioether (sulfide) groups is 1. The van der Waals surface area contributed by atoms with Crippen molar-refractivity contribution in [2.45, 2.75) is 48.0 Å². The van der Waals surface area contributed by atoms with E-state index in [9.17, 15) is 19.0 Å². The van der Waals surface area contributed by atoms with Gasteiger partial charge in [0.25, 0.3) is 0 Å². The molecule has 0 aromatic heterocycles. The minimum atomic E-state index is -2.87. The first-order chi connectivity index (χ1) is 12.6. The molecule has 1 atom stereocenters. The van der Waals surface area contributed by atoms with Gasteiger partial charge in [-0.2, -0.15) is 0 Å². The highest BCUT2D eigenvalue weighted by Gasteiger charge is 2.27. The number of rotatable bonds is 12. The fourth-order valence-corrected chi connectivity index (χ4v) is 3.16. The van der Waals surface area contributed by atoms with Crippen molar-refractivity contribution in [1.29, 1.82) is 0 Å². The van der Waals surface area contributed by atoms with Crippen molar-refractivity contribution >= 4 is 31.2 Å². The molecule has 0 saturated carbocycles. The number of hydrogen-bond donors (Lipinski definition) is 2. The Balaban J connectivity index is 0. The van der Waals surface area contributed by atoms with Crippen LogP contribution in [0.2, 0.25) is 0 Å². The van der Waals surface area contributed by atoms with Gasteiger partial charge in [0.15, 0.2) is 5.12 Å². The van der Waals surface area contributed by atoms with Gasteiger partial charge in [0.2, 0.25) is 0 Å². The monoisotopic (exact) mass is 427 g/mol. The summed E-state index contributed by atoms with van der Waals surface area (Å²) in [7, 11) is -2.87. The number of alkyl carbamates (subject to hydrolysis) is 1. The summed E-state index contributed by atoms with van der Waals surface area (Å²) < 4.78 is 19.2. The van der Waals surface area contributed by atoms with Crippen LogP contribution in [0.4, 0.5) is 4.79 Å². The molecule has 1 amide bonds. The van der Waals surface area contributed by atoms with Gasteiger partial charge in [-0.3, -0.25) is 4.79 Å². The quantitative estimate of drug-likeness (QED) is 0.358. The molecule has 0 radical (unpaired) electrons. The molecule has 0 saturated heterocycles. The normalized spacial score (nSPS) is 11.5. The number of quaternary nitrogens is 1. The molecule has 0 rings (SSSR count). The Kier molecular flexibility index (Phi) is 18.3. The molecule has 0 aliphatic rings. The average Bonchev–Trinajstić information content (AvgIpc) is 2.60. The molecular formula is C17H36N2O6PS+. The van der Waals surface area contributed by atoms with Gasteiger partial charge >= 0.3 is 14.3 Å². The van der Waals surface area contributed by atoms with E-state index in [0.717, 1.165) is 11.8 Å². The van der Waals surface area contributed by atoms with Gasteiger partial charge in [0, 0.05) is 17.7 Å². The Bertz CT molecular complexity index is 428. The van der Waals surface area contributed by atoms with Gasteiger partial charge in [-0.05, 0) is 38.7 Å². The van der Waals surface area contributed by atoms with Crippen molar-refractivity contribution < 1.29 is 33.2 Å². The van der Waals surface area contributed by atoms with Crippen molar-refractivity contribution in [3.8, 4) is 0 Å². The molecule has 2 N–H and O–H groups in total. The van der Waals surface area contributed by atoms with E-state index in [1.165, 1.54) is 19.6 Å². The van der Waals surface area contributed by atoms with Gasteiger partial charge in [-0.1, -0.05) is 25.6 Å². The van der Waals surface area contributed by atoms with Crippen LogP contribution in [0, 0.1) is 5.41 Å². The molecule has 0 aliphatic carbocycles. The highest BCUT2D eigenvalue weighted by Crippen LogP contribution is 2.27. The third-order valence-corrected chi connectivity index (χ3v) is 5.44. The summed E-state index contributed by atoms with van der Waals surface area (Å²) in [5.41, 5.74) is -0.621. The summed E-state index contributed by atoms with van der Waals surface area (Å²) in [5.74, 6) is 0.275. The van der Waals surface area contributed by atoms with Crippen LogP contribution in [-0.4, -0.2) is 56.4 Å². The number of ether oxygens (including phenoxy) is 1. The Morgan fingerprint density at radius 2 is 1.70 bits per heavy atom. The Labute approximate surface area is 168 Å². The molecule has 0 heterocycles. The first-order valence-electron chi connectivity index (χ1n) is 9.33. The largest absolute Gasteiger partial charge is 0.566 e. The zero-order valence-corrected chi connectivity index (χ0v) is 19.2. The summed E-state index contributed by atoms with van der Waals surface area (Å²) in [4.78, 5) is 34.8. The second-order valence-electron chi connectivity index (χ2n) is 6.28. The van der Waals surface area contributed by atoms with Gasteiger partial charge < -0.3 is 19.8 Å². The smallest absolute Gasteiger partial charge is 0.488 e. The first kappa shape index (κ1) is 28.5. The predicted octanol–water partition coefficient (Wildman–Crippen LogP) is 1.37. The molecule has 27 heavy (non-hydrogen) atoms. The van der Waals surface area contributed by atoms with E-state index in [-0.39, 0.29) is 17.5 Å². The van der Waals surface area contributed by atoms with Crippen LogP contribution in [0.5, 0.6) is 0 Å². The maximum atomic E-state index is 11.9. The van der Waals surface area contributed by atoms with Gasteiger partial charge in [0.05, 0.1) is 26.2 Å². The molecule has 10 heteroatoms. The fraction of sp³-hybridized carbons (Fsp3) is 0.882. The molecule has 0 fully saturated rings.